The van der Waals surface area contributed by atoms with Crippen molar-refractivity contribution in [2.45, 2.75) is 25.8 Å². The topological polar surface area (TPSA) is 84.6 Å². The largest absolute Gasteiger partial charge is 0.463 e. The average molecular weight is 318 g/mol. The maximum absolute atomic E-state index is 12.5. The van der Waals surface area contributed by atoms with Crippen LogP contribution < -0.4 is 5.32 Å². The van der Waals surface area contributed by atoms with Gasteiger partial charge in [-0.3, -0.25) is 4.79 Å². The van der Waals surface area contributed by atoms with Crippen molar-refractivity contribution in [3.63, 3.8) is 0 Å². The molecular formula is C17H22N2O4. The van der Waals surface area contributed by atoms with Gasteiger partial charge in [0.15, 0.2) is 5.76 Å². The summed E-state index contributed by atoms with van der Waals surface area (Å²) in [5, 5.41) is 12.1. The monoisotopic (exact) mass is 318 g/mol. The second kappa shape index (κ2) is 7.39. The lowest BCUT2D eigenvalue weighted by molar-refractivity contribution is 0.0725. The van der Waals surface area contributed by atoms with Gasteiger partial charge in [-0.05, 0) is 44.5 Å². The van der Waals surface area contributed by atoms with Crippen LogP contribution in [0.4, 0.5) is 0 Å². The molecule has 6 heteroatoms. The van der Waals surface area contributed by atoms with Gasteiger partial charge in [0.25, 0.3) is 5.91 Å². The minimum atomic E-state index is -0.632. The molecule has 2 N–H and O–H groups in total. The highest BCUT2D eigenvalue weighted by atomic mass is 16.5. The summed E-state index contributed by atoms with van der Waals surface area (Å²) >= 11 is 0. The molecule has 0 saturated heterocycles. The Kier molecular flexibility index (Phi) is 5.52. The van der Waals surface area contributed by atoms with Crippen LogP contribution in [0.25, 0.3) is 11.5 Å². The van der Waals surface area contributed by atoms with Crippen LogP contribution in [0.1, 0.15) is 29.4 Å². The van der Waals surface area contributed by atoms with E-state index in [-0.39, 0.29) is 12.5 Å². The van der Waals surface area contributed by atoms with Crippen LogP contribution in [-0.2, 0) is 4.74 Å². The van der Waals surface area contributed by atoms with Gasteiger partial charge in [-0.25, -0.2) is 4.98 Å². The number of aryl methyl sites for hydroxylation is 1. The van der Waals surface area contributed by atoms with Gasteiger partial charge in [0.1, 0.15) is 5.69 Å². The van der Waals surface area contributed by atoms with Gasteiger partial charge >= 0.3 is 0 Å². The Morgan fingerprint density at radius 2 is 2.22 bits per heavy atom. The Balaban J connectivity index is 2.19. The van der Waals surface area contributed by atoms with Gasteiger partial charge in [0, 0.05) is 13.7 Å². The zero-order valence-electron chi connectivity index (χ0n) is 13.6. The first-order chi connectivity index (χ1) is 11.0. The van der Waals surface area contributed by atoms with E-state index >= 15 is 0 Å². The molecule has 0 saturated carbocycles. The highest BCUT2D eigenvalue weighted by molar-refractivity contribution is 5.96. The molecule has 0 radical (unpaired) electrons. The summed E-state index contributed by atoms with van der Waals surface area (Å²) in [6.07, 6.45) is 1.99. The third kappa shape index (κ3) is 4.18. The molecule has 1 amide bonds. The highest BCUT2D eigenvalue weighted by Gasteiger charge is 2.27. The van der Waals surface area contributed by atoms with Crippen molar-refractivity contribution >= 4 is 5.91 Å². The SMILES string of the molecule is COCC(C)(CCO)NC(=O)c1ccc(-c2ccco2)nc1C. The third-order valence-electron chi connectivity index (χ3n) is 3.65. The quantitative estimate of drug-likeness (QED) is 0.817. The van der Waals surface area contributed by atoms with Gasteiger partial charge < -0.3 is 19.6 Å². The molecule has 0 aliphatic rings. The van der Waals surface area contributed by atoms with Crippen LogP contribution in [0.2, 0.25) is 0 Å². The number of hydrogen-bond donors (Lipinski definition) is 2. The number of amides is 1. The maximum Gasteiger partial charge on any atom is 0.253 e. The number of nitrogens with zero attached hydrogens (tertiary/aromatic N) is 1. The molecule has 2 aromatic rings. The fourth-order valence-corrected chi connectivity index (χ4v) is 2.44. The summed E-state index contributed by atoms with van der Waals surface area (Å²) in [6.45, 7) is 3.90. The number of aromatic nitrogens is 1. The Morgan fingerprint density at radius 1 is 1.43 bits per heavy atom. The highest BCUT2D eigenvalue weighted by Crippen LogP contribution is 2.20. The smallest absolute Gasteiger partial charge is 0.253 e. The van der Waals surface area contributed by atoms with Gasteiger partial charge in [-0.2, -0.15) is 0 Å². The number of hydrogen-bond acceptors (Lipinski definition) is 5. The van der Waals surface area contributed by atoms with Gasteiger partial charge in [-0.15, -0.1) is 0 Å². The van der Waals surface area contributed by atoms with Gasteiger partial charge in [-0.1, -0.05) is 0 Å². The molecule has 0 spiro atoms. The Labute approximate surface area is 135 Å². The fraction of sp³-hybridized carbons (Fsp3) is 0.412. The minimum Gasteiger partial charge on any atom is -0.463 e. The van der Waals surface area contributed by atoms with Crippen LogP contribution in [0.15, 0.2) is 34.9 Å². The second-order valence-corrected chi connectivity index (χ2v) is 5.73. The summed E-state index contributed by atoms with van der Waals surface area (Å²) in [5.74, 6) is 0.415. The molecule has 0 fully saturated rings. The summed E-state index contributed by atoms with van der Waals surface area (Å²) < 4.78 is 10.5. The van der Waals surface area contributed by atoms with Crippen molar-refractivity contribution in [3.05, 3.63) is 41.8 Å². The van der Waals surface area contributed by atoms with Crippen LogP contribution in [0, 0.1) is 6.92 Å². The molecule has 2 aromatic heterocycles. The number of nitrogens with one attached hydrogen (secondary N) is 1. The normalized spacial score (nSPS) is 13.6. The third-order valence-corrected chi connectivity index (χ3v) is 3.65. The molecule has 23 heavy (non-hydrogen) atoms. The Morgan fingerprint density at radius 3 is 2.78 bits per heavy atom. The first-order valence-corrected chi connectivity index (χ1v) is 7.43. The van der Waals surface area contributed by atoms with E-state index in [1.807, 2.05) is 13.0 Å². The van der Waals surface area contributed by atoms with Crippen LogP contribution in [0.5, 0.6) is 0 Å². The number of ether oxygens (including phenoxy) is 1. The van der Waals surface area contributed by atoms with E-state index in [4.69, 9.17) is 9.15 Å². The van der Waals surface area contributed by atoms with Crippen LogP contribution >= 0.6 is 0 Å². The molecule has 6 nitrogen and oxygen atoms in total. The van der Waals surface area contributed by atoms with E-state index in [0.29, 0.717) is 35.7 Å². The number of methoxy groups -OCH3 is 1. The molecule has 2 rings (SSSR count). The first-order valence-electron chi connectivity index (χ1n) is 7.43. The summed E-state index contributed by atoms with van der Waals surface area (Å²) in [5.41, 5.74) is 1.15. The predicted molar refractivity (Wildman–Crippen MR) is 86.1 cm³/mol. The molecular weight excluding hydrogens is 296 g/mol. The van der Waals surface area contributed by atoms with E-state index in [1.54, 1.807) is 38.5 Å². The van der Waals surface area contributed by atoms with Crippen molar-refractivity contribution in [1.82, 2.24) is 10.3 Å². The van der Waals surface area contributed by atoms with Gasteiger partial charge in [0.2, 0.25) is 0 Å². The number of rotatable bonds is 7. The van der Waals surface area contributed by atoms with Gasteiger partial charge in [0.05, 0.1) is 29.7 Å². The van der Waals surface area contributed by atoms with E-state index in [2.05, 4.69) is 10.3 Å². The van der Waals surface area contributed by atoms with Crippen LogP contribution in [-0.4, -0.2) is 41.9 Å². The maximum atomic E-state index is 12.5. The molecule has 0 aromatic carbocycles. The minimum absolute atomic E-state index is 0.0329. The van der Waals surface area contributed by atoms with Crippen molar-refractivity contribution in [2.24, 2.45) is 0 Å². The average Bonchev–Trinajstić information content (AvgIpc) is 3.01. The Hall–Kier alpha value is -2.18. The molecule has 124 valence electrons. The first kappa shape index (κ1) is 17.2. The number of carbonyl (C=O) groups excluding carboxylic acids is 1. The van der Waals surface area contributed by atoms with Crippen molar-refractivity contribution in [3.8, 4) is 11.5 Å². The summed E-state index contributed by atoms with van der Waals surface area (Å²) in [6, 6.07) is 7.08. The number of pyridine rings is 1. The lowest BCUT2D eigenvalue weighted by atomic mass is 9.98. The zero-order chi connectivity index (χ0) is 16.9. The van der Waals surface area contributed by atoms with Crippen molar-refractivity contribution < 1.29 is 19.1 Å². The van der Waals surface area contributed by atoms with E-state index in [1.165, 1.54) is 0 Å². The molecule has 1 atom stereocenters. The van der Waals surface area contributed by atoms with E-state index in [0.717, 1.165) is 0 Å². The van der Waals surface area contributed by atoms with E-state index < -0.39 is 5.54 Å². The molecule has 0 aliphatic carbocycles. The van der Waals surface area contributed by atoms with Crippen LogP contribution in [0.3, 0.4) is 0 Å². The van der Waals surface area contributed by atoms with Crippen molar-refractivity contribution in [2.75, 3.05) is 20.3 Å². The predicted octanol–water partition coefficient (Wildman–Crippen LogP) is 2.17. The molecule has 2 heterocycles. The molecule has 0 bridgehead atoms. The number of aliphatic hydroxyl groups excluding tert-OH is 1. The summed E-state index contributed by atoms with van der Waals surface area (Å²) in [7, 11) is 1.56. The fourth-order valence-electron chi connectivity index (χ4n) is 2.44. The zero-order valence-corrected chi connectivity index (χ0v) is 13.6. The number of aliphatic hydroxyl groups is 1. The molecule has 0 aliphatic heterocycles. The van der Waals surface area contributed by atoms with E-state index in [9.17, 15) is 9.90 Å². The second-order valence-electron chi connectivity index (χ2n) is 5.73. The van der Waals surface area contributed by atoms with Crippen molar-refractivity contribution in [1.29, 1.82) is 0 Å². The number of carbonyl (C=O) groups is 1. The lowest BCUT2D eigenvalue weighted by Crippen LogP contribution is -2.50. The summed E-state index contributed by atoms with van der Waals surface area (Å²) in [4.78, 5) is 16.9. The molecule has 1 unspecified atom stereocenters. The standard InChI is InChI=1S/C17H22N2O4/c1-12-13(6-7-14(18-12)15-5-4-10-23-15)16(21)19-17(2,8-9-20)11-22-3/h4-7,10,20H,8-9,11H2,1-3H3,(H,19,21). The lowest BCUT2D eigenvalue weighted by Gasteiger charge is -2.29. The number of furan rings is 1. The Bertz CT molecular complexity index is 647.